The SMILES string of the molecule is Cc1ccc(C(=O)/C(=N\c2c(C)c(F)c(F)c(F)c2C)NP(C)C)cc1. The number of halogens is 3. The highest BCUT2D eigenvalue weighted by Crippen LogP contribution is 2.31. The van der Waals surface area contributed by atoms with Crippen LogP contribution in [-0.4, -0.2) is 24.9 Å². The third kappa shape index (κ3) is 4.13. The molecule has 0 fully saturated rings. The van der Waals surface area contributed by atoms with Gasteiger partial charge in [0.05, 0.1) is 5.69 Å². The van der Waals surface area contributed by atoms with E-state index < -0.39 is 31.3 Å². The van der Waals surface area contributed by atoms with Crippen molar-refractivity contribution in [2.75, 3.05) is 13.3 Å². The van der Waals surface area contributed by atoms with Crippen molar-refractivity contribution < 1.29 is 18.0 Å². The fourth-order valence-electron chi connectivity index (χ4n) is 2.37. The van der Waals surface area contributed by atoms with Gasteiger partial charge < -0.3 is 5.09 Å². The van der Waals surface area contributed by atoms with E-state index in [4.69, 9.17) is 0 Å². The van der Waals surface area contributed by atoms with Gasteiger partial charge in [-0.05, 0) is 42.2 Å². The van der Waals surface area contributed by atoms with Crippen LogP contribution in [0, 0.1) is 38.2 Å². The number of hydrogen-bond donors (Lipinski definition) is 1. The van der Waals surface area contributed by atoms with Crippen LogP contribution in [0.3, 0.4) is 0 Å². The maximum absolute atomic E-state index is 13.9. The van der Waals surface area contributed by atoms with Gasteiger partial charge in [0.15, 0.2) is 23.3 Å². The number of ketones is 1. The summed E-state index contributed by atoms with van der Waals surface area (Å²) in [5.74, 6) is -4.56. The van der Waals surface area contributed by atoms with Crippen molar-refractivity contribution in [3.8, 4) is 0 Å². The zero-order valence-corrected chi connectivity index (χ0v) is 16.1. The van der Waals surface area contributed by atoms with E-state index in [1.165, 1.54) is 13.8 Å². The van der Waals surface area contributed by atoms with Crippen LogP contribution in [0.5, 0.6) is 0 Å². The van der Waals surface area contributed by atoms with Gasteiger partial charge in [-0.3, -0.25) is 4.79 Å². The average molecular weight is 380 g/mol. The molecule has 0 saturated carbocycles. The van der Waals surface area contributed by atoms with Gasteiger partial charge in [0.1, 0.15) is 0 Å². The number of benzene rings is 2. The fraction of sp³-hybridized carbons (Fsp3) is 0.263. The molecule has 0 amide bonds. The maximum atomic E-state index is 13.9. The summed E-state index contributed by atoms with van der Waals surface area (Å²) in [7, 11) is -0.769. The molecule has 26 heavy (non-hydrogen) atoms. The average Bonchev–Trinajstić information content (AvgIpc) is 2.60. The molecule has 0 atom stereocenters. The Morgan fingerprint density at radius 2 is 1.42 bits per heavy atom. The van der Waals surface area contributed by atoms with Gasteiger partial charge in [0, 0.05) is 16.7 Å². The molecule has 2 aromatic carbocycles. The summed E-state index contributed by atoms with van der Waals surface area (Å²) in [5, 5.41) is 2.98. The second-order valence-electron chi connectivity index (χ2n) is 6.20. The molecule has 0 saturated heterocycles. The first-order chi connectivity index (χ1) is 12.1. The molecular formula is C19H20F3N2OP. The van der Waals surface area contributed by atoms with Crippen LogP contribution in [0.2, 0.25) is 0 Å². The van der Waals surface area contributed by atoms with E-state index in [2.05, 4.69) is 10.1 Å². The summed E-state index contributed by atoms with van der Waals surface area (Å²) in [6.07, 6.45) is 0. The Morgan fingerprint density at radius 1 is 0.923 bits per heavy atom. The minimum Gasteiger partial charge on any atom is -0.346 e. The standard InChI is InChI=1S/C19H20F3N2OP/c1-10-6-8-13(9-7-10)18(25)19(24-26(4)5)23-17-11(2)14(20)16(22)15(21)12(17)3/h6-9H,1-5H3,(H,23,24). The molecule has 0 aliphatic carbocycles. The summed E-state index contributed by atoms with van der Waals surface area (Å²) in [5.41, 5.74) is 1.02. The quantitative estimate of drug-likeness (QED) is 0.261. The number of nitrogens with one attached hydrogen (secondary N) is 1. The van der Waals surface area contributed by atoms with Gasteiger partial charge in [-0.25, -0.2) is 18.2 Å². The third-order valence-electron chi connectivity index (χ3n) is 3.84. The number of carbonyl (C=O) groups excluding carboxylic acids is 1. The zero-order valence-electron chi connectivity index (χ0n) is 15.2. The largest absolute Gasteiger partial charge is 0.346 e. The molecule has 0 heterocycles. The Balaban J connectivity index is 2.61. The first-order valence-electron chi connectivity index (χ1n) is 7.91. The van der Waals surface area contributed by atoms with Crippen molar-refractivity contribution in [3.63, 3.8) is 0 Å². The second-order valence-corrected chi connectivity index (χ2v) is 8.21. The number of amidine groups is 1. The Kier molecular flexibility index (Phi) is 6.19. The minimum atomic E-state index is -1.54. The summed E-state index contributed by atoms with van der Waals surface area (Å²) < 4.78 is 41.4. The van der Waals surface area contributed by atoms with Crippen molar-refractivity contribution in [1.29, 1.82) is 0 Å². The first kappa shape index (κ1) is 20.1. The minimum absolute atomic E-state index is 0.0263. The molecule has 138 valence electrons. The second kappa shape index (κ2) is 8.00. The van der Waals surface area contributed by atoms with Crippen molar-refractivity contribution in [2.24, 2.45) is 4.99 Å². The molecule has 7 heteroatoms. The molecule has 0 aliphatic rings. The highest BCUT2D eigenvalue weighted by molar-refractivity contribution is 7.54. The monoisotopic (exact) mass is 380 g/mol. The van der Waals surface area contributed by atoms with Crippen LogP contribution in [0.1, 0.15) is 27.0 Å². The Hall–Kier alpha value is -2.20. The van der Waals surface area contributed by atoms with E-state index in [1.807, 2.05) is 20.3 Å². The number of Topliss-reactive ketones (excluding diaryl/α,β-unsaturated/α-hetero) is 1. The molecule has 0 bridgehead atoms. The Morgan fingerprint density at radius 3 is 1.88 bits per heavy atom. The molecule has 0 unspecified atom stereocenters. The molecule has 2 rings (SSSR count). The number of rotatable bonds is 4. The van der Waals surface area contributed by atoms with Crippen molar-refractivity contribution in [3.05, 3.63) is 64.0 Å². The zero-order chi connectivity index (χ0) is 19.6. The van der Waals surface area contributed by atoms with Crippen LogP contribution < -0.4 is 5.09 Å². The lowest BCUT2D eigenvalue weighted by Crippen LogP contribution is -2.27. The molecule has 0 aliphatic heterocycles. The van der Waals surface area contributed by atoms with E-state index in [0.717, 1.165) is 5.56 Å². The molecule has 0 aromatic heterocycles. The van der Waals surface area contributed by atoms with Crippen LogP contribution in [0.4, 0.5) is 18.9 Å². The lowest BCUT2D eigenvalue weighted by Gasteiger charge is -2.15. The van der Waals surface area contributed by atoms with Gasteiger partial charge >= 0.3 is 0 Å². The lowest BCUT2D eigenvalue weighted by atomic mass is 10.1. The molecule has 3 nitrogen and oxygen atoms in total. The maximum Gasteiger partial charge on any atom is 0.228 e. The lowest BCUT2D eigenvalue weighted by molar-refractivity contribution is 0.106. The first-order valence-corrected chi connectivity index (χ1v) is 10.1. The predicted molar refractivity (Wildman–Crippen MR) is 100 cm³/mol. The highest BCUT2D eigenvalue weighted by Gasteiger charge is 2.22. The number of nitrogens with zero attached hydrogens (tertiary/aromatic N) is 1. The van der Waals surface area contributed by atoms with Gasteiger partial charge in [0.25, 0.3) is 0 Å². The molecule has 2 aromatic rings. The van der Waals surface area contributed by atoms with E-state index in [1.54, 1.807) is 24.3 Å². The molecule has 0 radical (unpaired) electrons. The normalized spacial score (nSPS) is 11.8. The molecule has 0 spiro atoms. The van der Waals surface area contributed by atoms with E-state index in [-0.39, 0.29) is 22.6 Å². The van der Waals surface area contributed by atoms with Gasteiger partial charge in [-0.1, -0.05) is 29.8 Å². The summed E-state index contributed by atoms with van der Waals surface area (Å²) >= 11 is 0. The smallest absolute Gasteiger partial charge is 0.228 e. The van der Waals surface area contributed by atoms with E-state index >= 15 is 0 Å². The van der Waals surface area contributed by atoms with E-state index in [9.17, 15) is 18.0 Å². The van der Waals surface area contributed by atoms with Crippen molar-refractivity contribution >= 4 is 25.4 Å². The third-order valence-corrected chi connectivity index (χ3v) is 4.50. The summed E-state index contributed by atoms with van der Waals surface area (Å²) in [6, 6.07) is 6.90. The summed E-state index contributed by atoms with van der Waals surface area (Å²) in [6.45, 7) is 8.25. The van der Waals surface area contributed by atoms with Gasteiger partial charge in [0.2, 0.25) is 5.78 Å². The van der Waals surface area contributed by atoms with Gasteiger partial charge in [-0.2, -0.15) is 0 Å². The van der Waals surface area contributed by atoms with Crippen LogP contribution in [0.25, 0.3) is 0 Å². The van der Waals surface area contributed by atoms with Crippen molar-refractivity contribution in [2.45, 2.75) is 20.8 Å². The van der Waals surface area contributed by atoms with Crippen LogP contribution in [0.15, 0.2) is 29.3 Å². The fourth-order valence-corrected chi connectivity index (χ4v) is 2.95. The number of carbonyl (C=O) groups is 1. The highest BCUT2D eigenvalue weighted by atomic mass is 31.1. The summed E-state index contributed by atoms with van der Waals surface area (Å²) in [4.78, 5) is 17.0. The predicted octanol–water partition coefficient (Wildman–Crippen LogP) is 5.19. The molecule has 1 N–H and O–H groups in total. The van der Waals surface area contributed by atoms with Gasteiger partial charge in [-0.15, -0.1) is 0 Å². The van der Waals surface area contributed by atoms with E-state index in [0.29, 0.717) is 5.56 Å². The van der Waals surface area contributed by atoms with Crippen molar-refractivity contribution in [1.82, 2.24) is 5.09 Å². The number of aliphatic imine (C=N–C) groups is 1. The Labute approximate surface area is 152 Å². The molecular weight excluding hydrogens is 360 g/mol. The topological polar surface area (TPSA) is 41.5 Å². The number of aryl methyl sites for hydroxylation is 1. The van der Waals surface area contributed by atoms with Crippen LogP contribution >= 0.6 is 8.07 Å². The number of hydrogen-bond acceptors (Lipinski definition) is 2. The van der Waals surface area contributed by atoms with Crippen LogP contribution in [-0.2, 0) is 0 Å². The Bertz CT molecular complexity index is 848.